The number of aromatic nitrogens is 2. The molecule has 0 radical (unpaired) electrons. The third-order valence-electron chi connectivity index (χ3n) is 2.76. The first-order chi connectivity index (χ1) is 9.88. The standard InChI is InChI=1S/C12H11ClN4O4/c1-16-6-7(5-14-16)11(12(18)19)15-9-3-2-8(13)4-10(9)17(20)21/h2-6,11,15H,1H3,(H,18,19). The minimum atomic E-state index is -1.17. The van der Waals surface area contributed by atoms with E-state index in [1.54, 1.807) is 7.05 Å². The Kier molecular flexibility index (Phi) is 4.08. The zero-order chi connectivity index (χ0) is 15.6. The summed E-state index contributed by atoms with van der Waals surface area (Å²) in [4.78, 5) is 21.7. The molecule has 2 aromatic rings. The quantitative estimate of drug-likeness (QED) is 0.647. The van der Waals surface area contributed by atoms with Crippen molar-refractivity contribution in [2.75, 3.05) is 5.32 Å². The molecule has 0 bridgehead atoms. The Balaban J connectivity index is 2.38. The van der Waals surface area contributed by atoms with Gasteiger partial charge in [-0.1, -0.05) is 11.6 Å². The van der Waals surface area contributed by atoms with Crippen molar-refractivity contribution in [2.45, 2.75) is 6.04 Å². The van der Waals surface area contributed by atoms with E-state index < -0.39 is 16.9 Å². The molecule has 0 saturated carbocycles. The van der Waals surface area contributed by atoms with Crippen molar-refractivity contribution in [3.05, 3.63) is 51.3 Å². The number of hydrogen-bond donors (Lipinski definition) is 2. The van der Waals surface area contributed by atoms with E-state index in [4.69, 9.17) is 11.6 Å². The Morgan fingerprint density at radius 1 is 1.57 bits per heavy atom. The van der Waals surface area contributed by atoms with Crippen LogP contribution >= 0.6 is 11.6 Å². The van der Waals surface area contributed by atoms with Crippen LogP contribution in [0.2, 0.25) is 5.02 Å². The number of carboxylic acids is 1. The van der Waals surface area contributed by atoms with E-state index in [9.17, 15) is 20.0 Å². The number of anilines is 1. The molecule has 0 saturated heterocycles. The highest BCUT2D eigenvalue weighted by molar-refractivity contribution is 6.30. The SMILES string of the molecule is Cn1cc(C(Nc2ccc(Cl)cc2[N+](=O)[O-])C(=O)O)cn1. The fourth-order valence-electron chi connectivity index (χ4n) is 1.81. The molecule has 8 nitrogen and oxygen atoms in total. The van der Waals surface area contributed by atoms with E-state index in [1.807, 2.05) is 0 Å². The maximum Gasteiger partial charge on any atom is 0.330 e. The Morgan fingerprint density at radius 3 is 2.81 bits per heavy atom. The summed E-state index contributed by atoms with van der Waals surface area (Å²) in [5, 5.41) is 27.0. The molecule has 0 fully saturated rings. The number of carbonyl (C=O) groups is 1. The maximum atomic E-state index is 11.4. The summed E-state index contributed by atoms with van der Waals surface area (Å²) in [6, 6.07) is 2.82. The molecule has 1 aromatic carbocycles. The second-order valence-corrected chi connectivity index (χ2v) is 4.72. The molecule has 110 valence electrons. The summed E-state index contributed by atoms with van der Waals surface area (Å²) in [6.07, 6.45) is 2.90. The fourth-order valence-corrected chi connectivity index (χ4v) is 1.98. The maximum absolute atomic E-state index is 11.4. The minimum Gasteiger partial charge on any atom is -0.479 e. The van der Waals surface area contributed by atoms with Gasteiger partial charge in [0.1, 0.15) is 5.69 Å². The van der Waals surface area contributed by atoms with Crippen molar-refractivity contribution in [1.82, 2.24) is 9.78 Å². The lowest BCUT2D eigenvalue weighted by molar-refractivity contribution is -0.384. The van der Waals surface area contributed by atoms with Crippen LogP contribution in [0.5, 0.6) is 0 Å². The lowest BCUT2D eigenvalue weighted by atomic mass is 10.1. The molecule has 2 N–H and O–H groups in total. The molecule has 0 aliphatic heterocycles. The highest BCUT2D eigenvalue weighted by Gasteiger charge is 2.25. The molecule has 1 unspecified atom stereocenters. The topological polar surface area (TPSA) is 110 Å². The lowest BCUT2D eigenvalue weighted by Crippen LogP contribution is -2.20. The highest BCUT2D eigenvalue weighted by Crippen LogP contribution is 2.30. The van der Waals surface area contributed by atoms with Gasteiger partial charge in [0.15, 0.2) is 6.04 Å². The molecule has 21 heavy (non-hydrogen) atoms. The predicted molar refractivity (Wildman–Crippen MR) is 75.3 cm³/mol. The average molecular weight is 311 g/mol. The molecule has 1 aromatic heterocycles. The third kappa shape index (κ3) is 3.29. The van der Waals surface area contributed by atoms with Crippen molar-refractivity contribution >= 4 is 28.9 Å². The Morgan fingerprint density at radius 2 is 2.29 bits per heavy atom. The minimum absolute atomic E-state index is 0.0700. The molecular weight excluding hydrogens is 300 g/mol. The zero-order valence-corrected chi connectivity index (χ0v) is 11.6. The summed E-state index contributed by atoms with van der Waals surface area (Å²) < 4.78 is 1.45. The van der Waals surface area contributed by atoms with Crippen molar-refractivity contribution in [1.29, 1.82) is 0 Å². The summed E-state index contributed by atoms with van der Waals surface area (Å²) in [6.45, 7) is 0. The highest BCUT2D eigenvalue weighted by atomic mass is 35.5. The van der Waals surface area contributed by atoms with Gasteiger partial charge in [-0.05, 0) is 12.1 Å². The van der Waals surface area contributed by atoms with Gasteiger partial charge >= 0.3 is 5.97 Å². The van der Waals surface area contributed by atoms with Gasteiger partial charge in [0, 0.05) is 29.9 Å². The molecule has 1 heterocycles. The van der Waals surface area contributed by atoms with E-state index in [-0.39, 0.29) is 16.4 Å². The van der Waals surface area contributed by atoms with Gasteiger partial charge < -0.3 is 10.4 Å². The summed E-state index contributed by atoms with van der Waals surface area (Å²) in [7, 11) is 1.65. The first kappa shape index (κ1) is 14.8. The predicted octanol–water partition coefficient (Wildman–Crippen LogP) is 2.22. The molecule has 9 heteroatoms. The van der Waals surface area contributed by atoms with Crippen molar-refractivity contribution < 1.29 is 14.8 Å². The fraction of sp³-hybridized carbons (Fsp3) is 0.167. The first-order valence-corrected chi connectivity index (χ1v) is 6.18. The largest absolute Gasteiger partial charge is 0.479 e. The van der Waals surface area contributed by atoms with E-state index in [1.165, 1.54) is 29.2 Å². The van der Waals surface area contributed by atoms with Crippen molar-refractivity contribution in [2.24, 2.45) is 7.05 Å². The molecular formula is C12H11ClN4O4. The third-order valence-corrected chi connectivity index (χ3v) is 3.00. The summed E-state index contributed by atoms with van der Waals surface area (Å²) in [5.74, 6) is -1.17. The molecule has 1 atom stereocenters. The van der Waals surface area contributed by atoms with Crippen LogP contribution in [-0.4, -0.2) is 25.8 Å². The van der Waals surface area contributed by atoms with Crippen LogP contribution in [0.1, 0.15) is 11.6 Å². The second kappa shape index (κ2) is 5.80. The number of nitrogens with zero attached hydrogens (tertiary/aromatic N) is 3. The number of aryl methyl sites for hydroxylation is 1. The number of nitro benzene ring substituents is 1. The molecule has 2 rings (SSSR count). The van der Waals surface area contributed by atoms with Crippen LogP contribution < -0.4 is 5.32 Å². The van der Waals surface area contributed by atoms with Crippen molar-refractivity contribution in [3.8, 4) is 0 Å². The van der Waals surface area contributed by atoms with E-state index in [2.05, 4.69) is 10.4 Å². The van der Waals surface area contributed by atoms with Gasteiger partial charge in [-0.2, -0.15) is 5.10 Å². The van der Waals surface area contributed by atoms with Gasteiger partial charge in [0.2, 0.25) is 0 Å². The average Bonchev–Trinajstić information content (AvgIpc) is 2.83. The number of benzene rings is 1. The number of halogens is 1. The van der Waals surface area contributed by atoms with Crippen LogP contribution in [0.15, 0.2) is 30.6 Å². The summed E-state index contributed by atoms with van der Waals surface area (Å²) >= 11 is 5.72. The Bertz CT molecular complexity index is 700. The van der Waals surface area contributed by atoms with Gasteiger partial charge in [-0.15, -0.1) is 0 Å². The van der Waals surface area contributed by atoms with E-state index in [0.717, 1.165) is 6.07 Å². The van der Waals surface area contributed by atoms with Gasteiger partial charge in [-0.25, -0.2) is 4.79 Å². The number of nitrogens with one attached hydrogen (secondary N) is 1. The van der Waals surface area contributed by atoms with Crippen LogP contribution in [0, 0.1) is 10.1 Å². The van der Waals surface area contributed by atoms with Crippen LogP contribution in [0.4, 0.5) is 11.4 Å². The second-order valence-electron chi connectivity index (χ2n) is 4.28. The normalized spacial score (nSPS) is 11.9. The smallest absolute Gasteiger partial charge is 0.330 e. The Hall–Kier alpha value is -2.61. The number of aliphatic carboxylic acids is 1. The lowest BCUT2D eigenvalue weighted by Gasteiger charge is -2.14. The zero-order valence-electron chi connectivity index (χ0n) is 10.9. The molecule has 0 amide bonds. The number of rotatable bonds is 5. The van der Waals surface area contributed by atoms with Gasteiger partial charge in [0.05, 0.1) is 11.1 Å². The van der Waals surface area contributed by atoms with Gasteiger partial charge in [-0.3, -0.25) is 14.8 Å². The molecule has 0 aliphatic carbocycles. The first-order valence-electron chi connectivity index (χ1n) is 5.80. The van der Waals surface area contributed by atoms with Gasteiger partial charge in [0.25, 0.3) is 5.69 Å². The van der Waals surface area contributed by atoms with Crippen molar-refractivity contribution in [3.63, 3.8) is 0 Å². The van der Waals surface area contributed by atoms with Crippen LogP contribution in [-0.2, 0) is 11.8 Å². The monoisotopic (exact) mass is 310 g/mol. The molecule has 0 spiro atoms. The van der Waals surface area contributed by atoms with Crippen LogP contribution in [0.25, 0.3) is 0 Å². The summed E-state index contributed by atoms with van der Waals surface area (Å²) in [5.41, 5.74) is 0.160. The number of carboxylic acid groups (broad SMARTS) is 1. The number of nitro groups is 1. The molecule has 0 aliphatic rings. The number of hydrogen-bond acceptors (Lipinski definition) is 5. The van der Waals surface area contributed by atoms with Crippen LogP contribution in [0.3, 0.4) is 0 Å². The van der Waals surface area contributed by atoms with E-state index in [0.29, 0.717) is 5.56 Å². The van der Waals surface area contributed by atoms with E-state index >= 15 is 0 Å². The Labute approximate surface area is 124 Å².